The number of carbonyl (C=O) groups is 1. The molecule has 0 bridgehead atoms. The van der Waals surface area contributed by atoms with Crippen LogP contribution in [0.1, 0.15) is 28.8 Å². The molecular weight excluding hydrogens is 471 g/mol. The van der Waals surface area contributed by atoms with E-state index in [1.165, 1.54) is 0 Å². The van der Waals surface area contributed by atoms with Crippen molar-refractivity contribution in [2.24, 2.45) is 0 Å². The van der Waals surface area contributed by atoms with Gasteiger partial charge in [-0.15, -0.1) is 0 Å². The van der Waals surface area contributed by atoms with Gasteiger partial charge >= 0.3 is 0 Å². The van der Waals surface area contributed by atoms with Crippen molar-refractivity contribution in [1.82, 2.24) is 9.29 Å². The summed E-state index contributed by atoms with van der Waals surface area (Å²) in [6.45, 7) is 6.23. The molecular formula is C23H26Cl2N2O4S. The number of nitrogens with one attached hydrogen (secondary N) is 1. The summed E-state index contributed by atoms with van der Waals surface area (Å²) in [5.41, 5.74) is 4.72. The van der Waals surface area contributed by atoms with Gasteiger partial charge in [0.1, 0.15) is 12.3 Å². The first-order chi connectivity index (χ1) is 15.0. The van der Waals surface area contributed by atoms with Crippen molar-refractivity contribution in [1.29, 1.82) is 0 Å². The first-order valence-corrected chi connectivity index (χ1v) is 12.8. The molecule has 3 aromatic rings. The Balaban J connectivity index is 1.78. The number of carbonyl (C=O) groups excluding carboxylic acids is 1. The highest BCUT2D eigenvalue weighted by Gasteiger charge is 2.18. The lowest BCUT2D eigenvalue weighted by atomic mass is 10.1. The predicted molar refractivity (Wildman–Crippen MR) is 129 cm³/mol. The summed E-state index contributed by atoms with van der Waals surface area (Å²) in [7, 11) is -3.63. The van der Waals surface area contributed by atoms with Gasteiger partial charge in [-0.1, -0.05) is 29.3 Å². The molecule has 0 aliphatic rings. The SMILES string of the molecule is Cc1cc(OCCCc2c(C)n(CC(=O)NS(C)(=O)=O)c3cc(Cl)ccc23)cc(C)c1Cl. The molecule has 172 valence electrons. The Labute approximate surface area is 198 Å². The highest BCUT2D eigenvalue weighted by Crippen LogP contribution is 2.30. The minimum absolute atomic E-state index is 0.116. The Kier molecular flexibility index (Phi) is 7.43. The van der Waals surface area contributed by atoms with Crippen LogP contribution >= 0.6 is 23.2 Å². The Bertz CT molecular complexity index is 1260. The van der Waals surface area contributed by atoms with Gasteiger partial charge in [0.15, 0.2) is 0 Å². The fourth-order valence-electron chi connectivity index (χ4n) is 3.85. The molecule has 0 saturated heterocycles. The van der Waals surface area contributed by atoms with E-state index in [9.17, 15) is 13.2 Å². The van der Waals surface area contributed by atoms with Crippen molar-refractivity contribution in [3.05, 3.63) is 62.8 Å². The molecule has 0 aliphatic carbocycles. The van der Waals surface area contributed by atoms with Gasteiger partial charge in [-0.05, 0) is 74.6 Å². The monoisotopic (exact) mass is 496 g/mol. The van der Waals surface area contributed by atoms with E-state index in [2.05, 4.69) is 0 Å². The maximum absolute atomic E-state index is 12.2. The van der Waals surface area contributed by atoms with Crippen LogP contribution in [-0.2, 0) is 27.8 Å². The zero-order valence-electron chi connectivity index (χ0n) is 18.5. The second-order valence-corrected chi connectivity index (χ2v) is 10.5. The van der Waals surface area contributed by atoms with E-state index in [-0.39, 0.29) is 6.54 Å². The third kappa shape index (κ3) is 5.77. The lowest BCUT2D eigenvalue weighted by molar-refractivity contribution is -0.119. The first kappa shape index (κ1) is 24.4. The van der Waals surface area contributed by atoms with Gasteiger partial charge in [-0.25, -0.2) is 8.42 Å². The highest BCUT2D eigenvalue weighted by molar-refractivity contribution is 7.89. The van der Waals surface area contributed by atoms with Crippen molar-refractivity contribution in [3.63, 3.8) is 0 Å². The molecule has 0 saturated carbocycles. The van der Waals surface area contributed by atoms with Gasteiger partial charge in [0, 0.05) is 21.1 Å². The number of halogens is 2. The van der Waals surface area contributed by atoms with Crippen LogP contribution < -0.4 is 9.46 Å². The first-order valence-electron chi connectivity index (χ1n) is 10.1. The Morgan fingerprint density at radius 3 is 2.38 bits per heavy atom. The summed E-state index contributed by atoms with van der Waals surface area (Å²) < 4.78 is 32.6. The molecule has 3 rings (SSSR count). The zero-order chi connectivity index (χ0) is 23.6. The quantitative estimate of drug-likeness (QED) is 0.447. The summed E-state index contributed by atoms with van der Waals surface area (Å²) in [6.07, 6.45) is 2.45. The standard InChI is InChI=1S/C23H26Cl2N2O4S/c1-14-10-18(11-15(2)23(14)25)31-9-5-6-19-16(3)27(13-22(28)26-32(4,29)30)21-12-17(24)7-8-20(19)21/h7-8,10-12H,5-6,9,13H2,1-4H3,(H,26,28). The maximum atomic E-state index is 12.2. The van der Waals surface area contributed by atoms with Gasteiger partial charge in [-0.2, -0.15) is 0 Å². The van der Waals surface area contributed by atoms with E-state index in [0.717, 1.165) is 63.2 Å². The lowest BCUT2D eigenvalue weighted by Crippen LogP contribution is -2.32. The van der Waals surface area contributed by atoms with Crippen LogP contribution in [0.25, 0.3) is 10.9 Å². The second-order valence-electron chi connectivity index (χ2n) is 7.93. The number of aryl methyl sites for hydroxylation is 3. The third-order valence-electron chi connectivity index (χ3n) is 5.27. The van der Waals surface area contributed by atoms with Crippen molar-refractivity contribution in [2.75, 3.05) is 12.9 Å². The number of rotatable bonds is 8. The Hall–Kier alpha value is -2.22. The normalized spacial score (nSPS) is 11.7. The number of sulfonamides is 1. The molecule has 9 heteroatoms. The van der Waals surface area contributed by atoms with Crippen LogP contribution in [-0.4, -0.2) is 31.8 Å². The van der Waals surface area contributed by atoms with E-state index >= 15 is 0 Å². The zero-order valence-corrected chi connectivity index (χ0v) is 20.8. The number of benzene rings is 2. The molecule has 1 heterocycles. The van der Waals surface area contributed by atoms with Crippen molar-refractivity contribution in [3.8, 4) is 5.75 Å². The molecule has 1 aromatic heterocycles. The van der Waals surface area contributed by atoms with E-state index in [4.69, 9.17) is 27.9 Å². The average Bonchev–Trinajstić information content (AvgIpc) is 2.92. The molecule has 0 radical (unpaired) electrons. The average molecular weight is 497 g/mol. The van der Waals surface area contributed by atoms with Crippen LogP contribution in [0.4, 0.5) is 0 Å². The van der Waals surface area contributed by atoms with Gasteiger partial charge in [-0.3, -0.25) is 9.52 Å². The number of ether oxygens (including phenoxy) is 1. The number of hydrogen-bond donors (Lipinski definition) is 1. The minimum atomic E-state index is -3.63. The molecule has 0 aliphatic heterocycles. The smallest absolute Gasteiger partial charge is 0.253 e. The third-order valence-corrected chi connectivity index (χ3v) is 6.70. The minimum Gasteiger partial charge on any atom is -0.494 e. The van der Waals surface area contributed by atoms with Crippen LogP contribution in [0.15, 0.2) is 30.3 Å². The van der Waals surface area contributed by atoms with Crippen LogP contribution in [0.3, 0.4) is 0 Å². The number of aromatic nitrogens is 1. The summed E-state index contributed by atoms with van der Waals surface area (Å²) in [5, 5.41) is 2.28. The summed E-state index contributed by atoms with van der Waals surface area (Å²) in [5.74, 6) is 0.184. The van der Waals surface area contributed by atoms with Gasteiger partial charge < -0.3 is 9.30 Å². The summed E-state index contributed by atoms with van der Waals surface area (Å²) >= 11 is 12.4. The summed E-state index contributed by atoms with van der Waals surface area (Å²) in [6, 6.07) is 9.38. The summed E-state index contributed by atoms with van der Waals surface area (Å²) in [4.78, 5) is 12.2. The number of amides is 1. The highest BCUT2D eigenvalue weighted by atomic mass is 35.5. The molecule has 1 N–H and O–H groups in total. The van der Waals surface area contributed by atoms with E-state index < -0.39 is 15.9 Å². The molecule has 0 fully saturated rings. The largest absolute Gasteiger partial charge is 0.494 e. The van der Waals surface area contributed by atoms with Crippen molar-refractivity contribution >= 4 is 50.0 Å². The lowest BCUT2D eigenvalue weighted by Gasteiger charge is -2.11. The molecule has 32 heavy (non-hydrogen) atoms. The Morgan fingerprint density at radius 2 is 1.75 bits per heavy atom. The maximum Gasteiger partial charge on any atom is 0.253 e. The van der Waals surface area contributed by atoms with Crippen molar-refractivity contribution in [2.45, 2.75) is 40.2 Å². The molecule has 1 amide bonds. The van der Waals surface area contributed by atoms with Crippen LogP contribution in [0, 0.1) is 20.8 Å². The predicted octanol–water partition coefficient (Wildman–Crippen LogP) is 4.96. The fourth-order valence-corrected chi connectivity index (χ4v) is 4.61. The fraction of sp³-hybridized carbons (Fsp3) is 0.348. The number of hydrogen-bond acceptors (Lipinski definition) is 4. The van der Waals surface area contributed by atoms with E-state index in [0.29, 0.717) is 11.6 Å². The van der Waals surface area contributed by atoms with Gasteiger partial charge in [0.25, 0.3) is 5.91 Å². The molecule has 6 nitrogen and oxygen atoms in total. The topological polar surface area (TPSA) is 77.4 Å². The van der Waals surface area contributed by atoms with Crippen LogP contribution in [0.2, 0.25) is 10.0 Å². The van der Waals surface area contributed by atoms with Gasteiger partial charge in [0.05, 0.1) is 18.4 Å². The molecule has 2 aromatic carbocycles. The van der Waals surface area contributed by atoms with Gasteiger partial charge in [0.2, 0.25) is 10.0 Å². The van der Waals surface area contributed by atoms with E-state index in [1.54, 1.807) is 10.6 Å². The van der Waals surface area contributed by atoms with E-state index in [1.807, 2.05) is 49.8 Å². The van der Waals surface area contributed by atoms with Crippen molar-refractivity contribution < 1.29 is 17.9 Å². The van der Waals surface area contributed by atoms with Crippen LogP contribution in [0.5, 0.6) is 5.75 Å². The molecule has 0 unspecified atom stereocenters. The number of fused-ring (bicyclic) bond motifs is 1. The Morgan fingerprint density at radius 1 is 1.09 bits per heavy atom. The molecule has 0 atom stereocenters. The second kappa shape index (κ2) is 9.73. The molecule has 0 spiro atoms. The number of nitrogens with zero attached hydrogens (tertiary/aromatic N) is 1.